The third-order valence-corrected chi connectivity index (χ3v) is 3.21. The summed E-state index contributed by atoms with van der Waals surface area (Å²) < 4.78 is 5.99. The molecule has 1 amide bonds. The largest absolute Gasteiger partial charge is 0.456 e. The Morgan fingerprint density at radius 3 is 2.73 bits per heavy atom. The average Bonchev–Trinajstić information content (AvgIpc) is 2.92. The average molecular weight is 362 g/mol. The Hall–Kier alpha value is -2.92. The molecule has 0 saturated carbocycles. The van der Waals surface area contributed by atoms with E-state index in [4.69, 9.17) is 15.4 Å². The van der Waals surface area contributed by atoms with Gasteiger partial charge in [-0.2, -0.15) is 5.26 Å². The molecular formula is C14H8BrN3O4. The van der Waals surface area contributed by atoms with E-state index in [1.165, 1.54) is 30.3 Å². The van der Waals surface area contributed by atoms with Gasteiger partial charge in [-0.3, -0.25) is 14.9 Å². The number of rotatable bonds is 4. The molecule has 0 radical (unpaired) electrons. The van der Waals surface area contributed by atoms with Gasteiger partial charge in [-0.25, -0.2) is 0 Å². The molecule has 7 nitrogen and oxygen atoms in total. The molecular weight excluding hydrogens is 354 g/mol. The zero-order chi connectivity index (χ0) is 16.3. The number of nitro benzene ring substituents is 1. The zero-order valence-electron chi connectivity index (χ0n) is 10.9. The summed E-state index contributed by atoms with van der Waals surface area (Å²) in [5, 5.41) is 19.9. The molecule has 2 rings (SSSR count). The van der Waals surface area contributed by atoms with E-state index < -0.39 is 10.8 Å². The molecule has 1 heterocycles. The monoisotopic (exact) mass is 361 g/mol. The Bertz CT molecular complexity index is 833. The van der Waals surface area contributed by atoms with E-state index in [1.54, 1.807) is 12.1 Å². The van der Waals surface area contributed by atoms with Gasteiger partial charge in [-0.1, -0.05) is 15.9 Å². The summed E-state index contributed by atoms with van der Waals surface area (Å²) >= 11 is 3.17. The van der Waals surface area contributed by atoms with Crippen LogP contribution in [0.1, 0.15) is 5.76 Å². The van der Waals surface area contributed by atoms with Gasteiger partial charge in [-0.05, 0) is 24.3 Å². The van der Waals surface area contributed by atoms with Crippen molar-refractivity contribution >= 4 is 33.6 Å². The number of amides is 1. The quantitative estimate of drug-likeness (QED) is 0.388. The predicted octanol–water partition coefficient (Wildman–Crippen LogP) is 3.01. The second-order valence-corrected chi connectivity index (χ2v) is 5.07. The summed E-state index contributed by atoms with van der Waals surface area (Å²) in [7, 11) is 0. The third-order valence-electron chi connectivity index (χ3n) is 2.72. The summed E-state index contributed by atoms with van der Waals surface area (Å²) in [5.74, 6) is -0.440. The summed E-state index contributed by atoms with van der Waals surface area (Å²) in [6, 6.07) is 9.19. The molecule has 0 saturated heterocycles. The van der Waals surface area contributed by atoms with Gasteiger partial charge in [0.05, 0.1) is 10.5 Å². The van der Waals surface area contributed by atoms with Gasteiger partial charge in [-0.15, -0.1) is 0 Å². The van der Waals surface area contributed by atoms with E-state index in [0.717, 1.165) is 0 Å². The zero-order valence-corrected chi connectivity index (χ0v) is 12.5. The molecule has 1 aromatic carbocycles. The number of carbonyl (C=O) groups is 1. The SMILES string of the molecule is N#C/C(=C\c1ccc(-c2ccc(Br)cc2[N+](=O)[O-])o1)C(N)=O. The summed E-state index contributed by atoms with van der Waals surface area (Å²) in [5.41, 5.74) is 4.91. The number of nitrogens with two attached hydrogens (primary N) is 1. The van der Waals surface area contributed by atoms with Gasteiger partial charge in [0.2, 0.25) is 0 Å². The molecule has 0 aliphatic heterocycles. The van der Waals surface area contributed by atoms with E-state index >= 15 is 0 Å². The summed E-state index contributed by atoms with van der Waals surface area (Å²) in [4.78, 5) is 21.6. The number of primary amides is 1. The van der Waals surface area contributed by atoms with E-state index in [0.29, 0.717) is 4.47 Å². The van der Waals surface area contributed by atoms with Crippen LogP contribution in [0.2, 0.25) is 0 Å². The highest BCUT2D eigenvalue weighted by molar-refractivity contribution is 9.10. The van der Waals surface area contributed by atoms with Crippen LogP contribution < -0.4 is 5.73 Å². The standard InChI is InChI=1S/C14H8BrN3O4/c15-9-1-3-11(12(6-9)18(20)21)13-4-2-10(22-13)5-8(7-16)14(17)19/h1-6H,(H2,17,19)/b8-5+. The van der Waals surface area contributed by atoms with Gasteiger partial charge < -0.3 is 10.2 Å². The highest BCUT2D eigenvalue weighted by atomic mass is 79.9. The van der Waals surface area contributed by atoms with E-state index in [-0.39, 0.29) is 28.3 Å². The Morgan fingerprint density at radius 1 is 1.41 bits per heavy atom. The first-order valence-corrected chi connectivity index (χ1v) is 6.67. The lowest BCUT2D eigenvalue weighted by atomic mass is 10.1. The Labute approximate surface area is 132 Å². The number of nitriles is 1. The first-order chi connectivity index (χ1) is 10.4. The topological polar surface area (TPSA) is 123 Å². The van der Waals surface area contributed by atoms with E-state index in [9.17, 15) is 14.9 Å². The van der Waals surface area contributed by atoms with Crippen molar-refractivity contribution in [2.24, 2.45) is 5.73 Å². The maximum atomic E-state index is 11.1. The van der Waals surface area contributed by atoms with Crippen molar-refractivity contribution in [2.75, 3.05) is 0 Å². The van der Waals surface area contributed by atoms with Crippen LogP contribution in [-0.2, 0) is 4.79 Å². The van der Waals surface area contributed by atoms with Crippen molar-refractivity contribution in [1.82, 2.24) is 0 Å². The lowest BCUT2D eigenvalue weighted by molar-refractivity contribution is -0.384. The Balaban J connectivity index is 2.48. The molecule has 8 heteroatoms. The molecule has 0 bridgehead atoms. The minimum absolute atomic E-state index is 0.130. The highest BCUT2D eigenvalue weighted by Crippen LogP contribution is 2.33. The fourth-order valence-electron chi connectivity index (χ4n) is 1.74. The first-order valence-electron chi connectivity index (χ1n) is 5.88. The first kappa shape index (κ1) is 15.5. The van der Waals surface area contributed by atoms with Crippen LogP contribution in [0.15, 0.2) is 44.8 Å². The molecule has 1 aromatic heterocycles. The minimum Gasteiger partial charge on any atom is -0.456 e. The minimum atomic E-state index is -0.880. The maximum Gasteiger partial charge on any atom is 0.281 e. The van der Waals surface area contributed by atoms with Crippen LogP contribution in [-0.4, -0.2) is 10.8 Å². The normalized spacial score (nSPS) is 11.0. The van der Waals surface area contributed by atoms with E-state index in [2.05, 4.69) is 15.9 Å². The summed E-state index contributed by atoms with van der Waals surface area (Å²) in [6.45, 7) is 0. The molecule has 110 valence electrons. The number of hydrogen-bond donors (Lipinski definition) is 1. The molecule has 0 atom stereocenters. The number of nitro groups is 1. The van der Waals surface area contributed by atoms with Gasteiger partial charge in [0.15, 0.2) is 0 Å². The molecule has 0 unspecified atom stereocenters. The number of halogens is 1. The van der Waals surface area contributed by atoms with E-state index in [1.807, 2.05) is 0 Å². The Kier molecular flexibility index (Phi) is 4.39. The number of benzene rings is 1. The lowest BCUT2D eigenvalue weighted by Crippen LogP contribution is -2.12. The van der Waals surface area contributed by atoms with Crippen LogP contribution >= 0.6 is 15.9 Å². The number of carbonyl (C=O) groups excluding carboxylic acids is 1. The second-order valence-electron chi connectivity index (χ2n) is 4.15. The molecule has 0 aliphatic rings. The molecule has 0 fully saturated rings. The molecule has 0 spiro atoms. The smallest absolute Gasteiger partial charge is 0.281 e. The second kappa shape index (κ2) is 6.24. The van der Waals surface area contributed by atoms with Crippen molar-refractivity contribution < 1.29 is 14.1 Å². The fraction of sp³-hybridized carbons (Fsp3) is 0. The van der Waals surface area contributed by atoms with Crippen LogP contribution in [0.5, 0.6) is 0 Å². The van der Waals surface area contributed by atoms with Crippen molar-refractivity contribution in [3.63, 3.8) is 0 Å². The van der Waals surface area contributed by atoms with Crippen LogP contribution in [0, 0.1) is 21.4 Å². The lowest BCUT2D eigenvalue weighted by Gasteiger charge is -2.00. The molecule has 22 heavy (non-hydrogen) atoms. The molecule has 2 N–H and O–H groups in total. The van der Waals surface area contributed by atoms with Crippen molar-refractivity contribution in [2.45, 2.75) is 0 Å². The van der Waals surface area contributed by atoms with Gasteiger partial charge in [0.25, 0.3) is 11.6 Å². The summed E-state index contributed by atoms with van der Waals surface area (Å²) in [6.07, 6.45) is 1.18. The van der Waals surface area contributed by atoms with Gasteiger partial charge in [0.1, 0.15) is 23.2 Å². The van der Waals surface area contributed by atoms with Crippen molar-refractivity contribution in [3.8, 4) is 17.4 Å². The van der Waals surface area contributed by atoms with Crippen molar-refractivity contribution in [3.05, 3.63) is 56.3 Å². The van der Waals surface area contributed by atoms with Gasteiger partial charge >= 0.3 is 0 Å². The van der Waals surface area contributed by atoms with Crippen LogP contribution in [0.4, 0.5) is 5.69 Å². The van der Waals surface area contributed by atoms with Gasteiger partial charge in [0, 0.05) is 16.6 Å². The van der Waals surface area contributed by atoms with Crippen molar-refractivity contribution in [1.29, 1.82) is 5.26 Å². The third kappa shape index (κ3) is 3.21. The highest BCUT2D eigenvalue weighted by Gasteiger charge is 2.18. The molecule has 2 aromatic rings. The maximum absolute atomic E-state index is 11.1. The fourth-order valence-corrected chi connectivity index (χ4v) is 2.09. The number of hydrogen-bond acceptors (Lipinski definition) is 5. The predicted molar refractivity (Wildman–Crippen MR) is 81.3 cm³/mol. The number of furan rings is 1. The number of nitrogens with zero attached hydrogens (tertiary/aromatic N) is 2. The Morgan fingerprint density at radius 2 is 2.14 bits per heavy atom. The van der Waals surface area contributed by atoms with Crippen LogP contribution in [0.3, 0.4) is 0 Å². The van der Waals surface area contributed by atoms with Crippen LogP contribution in [0.25, 0.3) is 17.4 Å². The molecule has 0 aliphatic carbocycles.